The van der Waals surface area contributed by atoms with Crippen LogP contribution in [0.1, 0.15) is 18.1 Å². The lowest BCUT2D eigenvalue weighted by molar-refractivity contribution is 0.130. The Bertz CT molecular complexity index is 751. The molecule has 0 atom stereocenters. The normalized spacial score (nSPS) is 16.3. The quantitative estimate of drug-likeness (QED) is 0.662. The molecule has 0 aromatic heterocycles. The Morgan fingerprint density at radius 3 is 2.20 bits per heavy atom. The highest BCUT2D eigenvalue weighted by Crippen LogP contribution is 2.22. The molecule has 0 saturated carbocycles. The lowest BCUT2D eigenvalue weighted by atomic mass is 10.1. The minimum Gasteiger partial charge on any atom is -0.295 e. The van der Waals surface area contributed by atoms with Crippen molar-refractivity contribution in [2.45, 2.75) is 13.5 Å². The van der Waals surface area contributed by atoms with E-state index in [9.17, 15) is 0 Å². The number of hydrazone groups is 1. The zero-order valence-corrected chi connectivity index (χ0v) is 16.3. The summed E-state index contributed by atoms with van der Waals surface area (Å²) >= 11 is 18.2. The molecule has 1 aliphatic rings. The average Bonchev–Trinajstić information content (AvgIpc) is 2.58. The average molecular weight is 397 g/mol. The van der Waals surface area contributed by atoms with Crippen molar-refractivity contribution < 1.29 is 0 Å². The summed E-state index contributed by atoms with van der Waals surface area (Å²) in [6.07, 6.45) is 0. The van der Waals surface area contributed by atoms with Crippen molar-refractivity contribution in [1.29, 1.82) is 0 Å². The van der Waals surface area contributed by atoms with Gasteiger partial charge in [-0.3, -0.25) is 9.91 Å². The van der Waals surface area contributed by atoms with Gasteiger partial charge in [0.05, 0.1) is 10.7 Å². The topological polar surface area (TPSA) is 18.8 Å². The summed E-state index contributed by atoms with van der Waals surface area (Å²) in [5.41, 5.74) is 3.12. The molecule has 3 nitrogen and oxygen atoms in total. The van der Waals surface area contributed by atoms with Crippen LogP contribution in [0.4, 0.5) is 0 Å². The Labute approximate surface area is 163 Å². The summed E-state index contributed by atoms with van der Waals surface area (Å²) < 4.78 is 0. The van der Waals surface area contributed by atoms with Crippen LogP contribution >= 0.6 is 34.8 Å². The maximum atomic E-state index is 6.27. The summed E-state index contributed by atoms with van der Waals surface area (Å²) in [6.45, 7) is 6.68. The predicted octanol–water partition coefficient (Wildman–Crippen LogP) is 5.19. The number of piperazine rings is 1. The van der Waals surface area contributed by atoms with Gasteiger partial charge in [0.25, 0.3) is 0 Å². The lowest BCUT2D eigenvalue weighted by Crippen LogP contribution is -2.43. The van der Waals surface area contributed by atoms with Crippen LogP contribution in [0.25, 0.3) is 0 Å². The third kappa shape index (κ3) is 5.11. The monoisotopic (exact) mass is 395 g/mol. The van der Waals surface area contributed by atoms with E-state index in [0.29, 0.717) is 10.0 Å². The zero-order valence-electron chi connectivity index (χ0n) is 14.1. The highest BCUT2D eigenvalue weighted by atomic mass is 35.5. The minimum atomic E-state index is 0.634. The molecule has 0 aliphatic carbocycles. The molecular formula is C19H20Cl3N3. The Hall–Kier alpha value is -1.26. The molecule has 2 aromatic rings. The van der Waals surface area contributed by atoms with Gasteiger partial charge < -0.3 is 0 Å². The molecule has 0 radical (unpaired) electrons. The van der Waals surface area contributed by atoms with E-state index >= 15 is 0 Å². The number of hydrogen-bond donors (Lipinski definition) is 0. The highest BCUT2D eigenvalue weighted by molar-refractivity contribution is 6.37. The van der Waals surface area contributed by atoms with Gasteiger partial charge in [0.15, 0.2) is 0 Å². The molecule has 2 aromatic carbocycles. The summed E-state index contributed by atoms with van der Waals surface area (Å²) in [5.74, 6) is 0. The number of halogens is 3. The first-order valence-corrected chi connectivity index (χ1v) is 9.37. The largest absolute Gasteiger partial charge is 0.295 e. The van der Waals surface area contributed by atoms with Gasteiger partial charge in [-0.25, -0.2) is 0 Å². The Balaban J connectivity index is 1.57. The summed E-state index contributed by atoms with van der Waals surface area (Å²) in [7, 11) is 0. The van der Waals surface area contributed by atoms with Crippen molar-refractivity contribution in [3.63, 3.8) is 0 Å². The first-order chi connectivity index (χ1) is 12.0. The van der Waals surface area contributed by atoms with Crippen molar-refractivity contribution in [3.05, 3.63) is 68.7 Å². The Morgan fingerprint density at radius 2 is 1.56 bits per heavy atom. The SMILES string of the molecule is C/C(=N\N1CCN(Cc2ccc(Cl)cc2)CC1)c1ccc(Cl)cc1Cl. The van der Waals surface area contributed by atoms with Gasteiger partial charge in [0.2, 0.25) is 0 Å². The van der Waals surface area contributed by atoms with Gasteiger partial charge in [0.1, 0.15) is 0 Å². The van der Waals surface area contributed by atoms with Gasteiger partial charge in [-0.2, -0.15) is 5.10 Å². The molecule has 132 valence electrons. The van der Waals surface area contributed by atoms with Gasteiger partial charge in [0, 0.05) is 48.3 Å². The molecule has 1 fully saturated rings. The van der Waals surface area contributed by atoms with Crippen LogP contribution in [0.3, 0.4) is 0 Å². The number of rotatable bonds is 4. The fourth-order valence-corrected chi connectivity index (χ4v) is 3.56. The van der Waals surface area contributed by atoms with E-state index in [2.05, 4.69) is 22.0 Å². The molecule has 1 saturated heterocycles. The second kappa shape index (κ2) is 8.41. The Morgan fingerprint density at radius 1 is 0.920 bits per heavy atom. The fourth-order valence-electron chi connectivity index (χ4n) is 2.89. The van der Waals surface area contributed by atoms with Crippen LogP contribution in [0.5, 0.6) is 0 Å². The minimum absolute atomic E-state index is 0.634. The first kappa shape index (κ1) is 18.5. The predicted molar refractivity (Wildman–Crippen MR) is 107 cm³/mol. The highest BCUT2D eigenvalue weighted by Gasteiger charge is 2.16. The first-order valence-electron chi connectivity index (χ1n) is 8.23. The van der Waals surface area contributed by atoms with Gasteiger partial charge in [-0.15, -0.1) is 0 Å². The van der Waals surface area contributed by atoms with E-state index in [1.807, 2.05) is 31.2 Å². The van der Waals surface area contributed by atoms with Crippen LogP contribution in [0.2, 0.25) is 15.1 Å². The molecule has 0 amide bonds. The maximum absolute atomic E-state index is 6.27. The molecule has 6 heteroatoms. The second-order valence-electron chi connectivity index (χ2n) is 6.17. The van der Waals surface area contributed by atoms with Crippen molar-refractivity contribution in [1.82, 2.24) is 9.91 Å². The molecule has 0 bridgehead atoms. The summed E-state index contributed by atoms with van der Waals surface area (Å²) in [6, 6.07) is 13.6. The summed E-state index contributed by atoms with van der Waals surface area (Å²) in [4.78, 5) is 2.43. The van der Waals surface area contributed by atoms with Crippen LogP contribution in [-0.4, -0.2) is 41.8 Å². The van der Waals surface area contributed by atoms with Gasteiger partial charge in [-0.05, 0) is 36.8 Å². The van der Waals surface area contributed by atoms with E-state index in [4.69, 9.17) is 39.9 Å². The van der Waals surface area contributed by atoms with Crippen molar-refractivity contribution in [2.24, 2.45) is 5.10 Å². The molecule has 0 N–H and O–H groups in total. The molecule has 25 heavy (non-hydrogen) atoms. The fraction of sp³-hybridized carbons (Fsp3) is 0.316. The number of hydrogen-bond acceptors (Lipinski definition) is 3. The molecule has 1 heterocycles. The van der Waals surface area contributed by atoms with E-state index in [0.717, 1.165) is 49.0 Å². The number of nitrogens with zero attached hydrogens (tertiary/aromatic N) is 3. The Kier molecular flexibility index (Phi) is 6.24. The maximum Gasteiger partial charge on any atom is 0.0661 e. The molecule has 3 rings (SSSR count). The van der Waals surface area contributed by atoms with Crippen LogP contribution in [0, 0.1) is 0 Å². The van der Waals surface area contributed by atoms with E-state index in [1.54, 1.807) is 6.07 Å². The second-order valence-corrected chi connectivity index (χ2v) is 7.45. The van der Waals surface area contributed by atoms with Crippen molar-refractivity contribution in [2.75, 3.05) is 26.2 Å². The van der Waals surface area contributed by atoms with Gasteiger partial charge >= 0.3 is 0 Å². The lowest BCUT2D eigenvalue weighted by Gasteiger charge is -2.33. The van der Waals surface area contributed by atoms with Crippen molar-refractivity contribution >= 4 is 40.5 Å². The van der Waals surface area contributed by atoms with Gasteiger partial charge in [-0.1, -0.05) is 53.0 Å². The molecule has 0 unspecified atom stereocenters. The molecule has 0 spiro atoms. The molecular weight excluding hydrogens is 377 g/mol. The van der Waals surface area contributed by atoms with E-state index in [-0.39, 0.29) is 0 Å². The van der Waals surface area contributed by atoms with E-state index < -0.39 is 0 Å². The standard InChI is InChI=1S/C19H20Cl3N3/c1-14(18-7-6-17(21)12-19(18)22)23-25-10-8-24(9-11-25)13-15-2-4-16(20)5-3-15/h2-7,12H,8-11,13H2,1H3/b23-14+. The van der Waals surface area contributed by atoms with Crippen molar-refractivity contribution in [3.8, 4) is 0 Å². The summed E-state index contributed by atoms with van der Waals surface area (Å²) in [5, 5.41) is 8.89. The van der Waals surface area contributed by atoms with E-state index in [1.165, 1.54) is 5.56 Å². The third-order valence-electron chi connectivity index (χ3n) is 4.28. The van der Waals surface area contributed by atoms with Crippen LogP contribution in [0.15, 0.2) is 47.6 Å². The third-order valence-corrected chi connectivity index (χ3v) is 5.08. The smallest absolute Gasteiger partial charge is 0.0661 e. The number of benzene rings is 2. The van der Waals surface area contributed by atoms with Crippen LogP contribution < -0.4 is 0 Å². The molecule has 1 aliphatic heterocycles. The zero-order chi connectivity index (χ0) is 17.8. The van der Waals surface area contributed by atoms with Crippen LogP contribution in [-0.2, 0) is 6.54 Å².